The van der Waals surface area contributed by atoms with Crippen LogP contribution < -0.4 is 0 Å². The first-order valence-electron chi connectivity index (χ1n) is 7.00. The number of carbonyl (C=O) groups is 1. The summed E-state index contributed by atoms with van der Waals surface area (Å²) >= 11 is 5.15. The first kappa shape index (κ1) is 15.9. The molecule has 1 fully saturated rings. The van der Waals surface area contributed by atoms with Crippen molar-refractivity contribution in [1.29, 1.82) is 0 Å². The van der Waals surface area contributed by atoms with Crippen LogP contribution in [0.4, 0.5) is 5.69 Å². The fraction of sp³-hybridized carbons (Fsp3) is 0.125. The maximum Gasteiger partial charge on any atom is 0.276 e. The monoisotopic (exact) mass is 343 g/mol. The van der Waals surface area contributed by atoms with E-state index in [1.54, 1.807) is 49.3 Å². The van der Waals surface area contributed by atoms with Crippen LogP contribution in [0.1, 0.15) is 5.76 Å². The summed E-state index contributed by atoms with van der Waals surface area (Å²) in [6.45, 7) is 0. The smallest absolute Gasteiger partial charge is 0.276 e. The molecule has 1 aliphatic rings. The average molecular weight is 343 g/mol. The van der Waals surface area contributed by atoms with Crippen molar-refractivity contribution < 1.29 is 14.1 Å². The van der Waals surface area contributed by atoms with Gasteiger partial charge in [0.2, 0.25) is 0 Å². The Bertz CT molecular complexity index is 870. The summed E-state index contributed by atoms with van der Waals surface area (Å²) in [7, 11) is 3.34. The number of rotatable bonds is 3. The second-order valence-electron chi connectivity index (χ2n) is 5.24. The topological polar surface area (TPSA) is 79.8 Å². The largest absolute Gasteiger partial charge is 0.457 e. The van der Waals surface area contributed by atoms with E-state index in [1.165, 1.54) is 17.0 Å². The lowest BCUT2D eigenvalue weighted by molar-refractivity contribution is -0.384. The average Bonchev–Trinajstić information content (AvgIpc) is 3.11. The van der Waals surface area contributed by atoms with E-state index in [0.717, 1.165) is 0 Å². The predicted molar refractivity (Wildman–Crippen MR) is 91.9 cm³/mol. The zero-order valence-electron chi connectivity index (χ0n) is 12.9. The highest BCUT2D eigenvalue weighted by atomic mass is 32.1. The number of amides is 1. The van der Waals surface area contributed by atoms with Crippen molar-refractivity contribution in [3.05, 3.63) is 58.0 Å². The quantitative estimate of drug-likeness (QED) is 0.369. The molecule has 122 valence electrons. The summed E-state index contributed by atoms with van der Waals surface area (Å²) in [6, 6.07) is 9.53. The molecule has 0 bridgehead atoms. The molecular formula is C16H13N3O4S. The molecule has 7 nitrogen and oxygen atoms in total. The van der Waals surface area contributed by atoms with E-state index >= 15 is 0 Å². The Morgan fingerprint density at radius 2 is 1.79 bits per heavy atom. The molecule has 0 spiro atoms. The standard InChI is InChI=1S/C16H13N3O4S/c1-17-13(15(20)18(2)16(17)24)9-12-7-8-14(23-12)10-3-5-11(6-4-10)19(21)22/h3-9H,1-2H3/b13-9-. The third-order valence-corrected chi connectivity index (χ3v) is 4.28. The lowest BCUT2D eigenvalue weighted by Gasteiger charge is -2.10. The van der Waals surface area contributed by atoms with Gasteiger partial charge in [-0.05, 0) is 36.5 Å². The highest BCUT2D eigenvalue weighted by Crippen LogP contribution is 2.27. The molecule has 1 saturated heterocycles. The lowest BCUT2D eigenvalue weighted by atomic mass is 10.1. The normalized spacial score (nSPS) is 16.3. The van der Waals surface area contributed by atoms with E-state index in [1.807, 2.05) is 0 Å². The number of nitro groups is 1. The molecule has 0 N–H and O–H groups in total. The first-order chi connectivity index (χ1) is 11.4. The molecule has 0 radical (unpaired) electrons. The minimum atomic E-state index is -0.456. The van der Waals surface area contributed by atoms with Crippen LogP contribution in [0.25, 0.3) is 17.4 Å². The van der Waals surface area contributed by atoms with E-state index in [4.69, 9.17) is 16.6 Å². The van der Waals surface area contributed by atoms with Crippen LogP contribution in [0.15, 0.2) is 46.5 Å². The Morgan fingerprint density at radius 1 is 1.12 bits per heavy atom. The number of thiocarbonyl (C=S) groups is 1. The van der Waals surface area contributed by atoms with E-state index in [9.17, 15) is 14.9 Å². The number of benzene rings is 1. The summed E-state index contributed by atoms with van der Waals surface area (Å²) < 4.78 is 5.71. The van der Waals surface area contributed by atoms with Crippen molar-refractivity contribution in [2.45, 2.75) is 0 Å². The maximum atomic E-state index is 12.1. The Morgan fingerprint density at radius 3 is 2.33 bits per heavy atom. The van der Waals surface area contributed by atoms with Crippen LogP contribution in [0.5, 0.6) is 0 Å². The van der Waals surface area contributed by atoms with Gasteiger partial charge in [0.15, 0.2) is 5.11 Å². The van der Waals surface area contributed by atoms with Crippen molar-refractivity contribution in [3.63, 3.8) is 0 Å². The van der Waals surface area contributed by atoms with Crippen molar-refractivity contribution in [2.75, 3.05) is 14.1 Å². The van der Waals surface area contributed by atoms with Gasteiger partial charge in [0.05, 0.1) is 4.92 Å². The number of carbonyl (C=O) groups excluding carboxylic acids is 1. The SMILES string of the molecule is CN1C(=O)/C(=C/c2ccc(-c3ccc([N+](=O)[O-])cc3)o2)N(C)C1=S. The molecule has 1 aliphatic heterocycles. The highest BCUT2D eigenvalue weighted by Gasteiger charge is 2.33. The molecule has 1 amide bonds. The number of nitro benzene ring substituents is 1. The van der Waals surface area contributed by atoms with Crippen molar-refractivity contribution in [1.82, 2.24) is 9.80 Å². The molecular weight excluding hydrogens is 330 g/mol. The maximum absolute atomic E-state index is 12.1. The number of nitrogens with zero attached hydrogens (tertiary/aromatic N) is 3. The Kier molecular flexibility index (Phi) is 3.90. The number of hydrogen-bond acceptors (Lipinski definition) is 5. The molecule has 1 aromatic carbocycles. The van der Waals surface area contributed by atoms with Crippen LogP contribution in [0.3, 0.4) is 0 Å². The van der Waals surface area contributed by atoms with Gasteiger partial charge in [-0.2, -0.15) is 0 Å². The van der Waals surface area contributed by atoms with Gasteiger partial charge in [-0.1, -0.05) is 0 Å². The van der Waals surface area contributed by atoms with Gasteiger partial charge in [-0.25, -0.2) is 0 Å². The summed E-state index contributed by atoms with van der Waals surface area (Å²) in [6.07, 6.45) is 1.62. The molecule has 24 heavy (non-hydrogen) atoms. The van der Waals surface area contributed by atoms with Gasteiger partial charge in [0.25, 0.3) is 11.6 Å². The van der Waals surface area contributed by atoms with Crippen molar-refractivity contribution in [2.24, 2.45) is 0 Å². The van der Waals surface area contributed by atoms with Crippen LogP contribution >= 0.6 is 12.2 Å². The second-order valence-corrected chi connectivity index (χ2v) is 5.61. The molecule has 0 aliphatic carbocycles. The minimum Gasteiger partial charge on any atom is -0.457 e. The van der Waals surface area contributed by atoms with Crippen LogP contribution in [-0.4, -0.2) is 39.8 Å². The second kappa shape index (κ2) is 5.89. The van der Waals surface area contributed by atoms with Gasteiger partial charge in [0, 0.05) is 37.9 Å². The Balaban J connectivity index is 1.88. The lowest BCUT2D eigenvalue weighted by Crippen LogP contribution is -2.26. The van der Waals surface area contributed by atoms with E-state index < -0.39 is 4.92 Å². The fourth-order valence-electron chi connectivity index (χ4n) is 2.36. The highest BCUT2D eigenvalue weighted by molar-refractivity contribution is 7.80. The van der Waals surface area contributed by atoms with Crippen molar-refractivity contribution in [3.8, 4) is 11.3 Å². The predicted octanol–water partition coefficient (Wildman–Crippen LogP) is 2.88. The van der Waals surface area contributed by atoms with Gasteiger partial charge in [-0.3, -0.25) is 19.8 Å². The zero-order valence-corrected chi connectivity index (χ0v) is 13.7. The van der Waals surface area contributed by atoms with E-state index in [2.05, 4.69) is 0 Å². The molecule has 2 heterocycles. The number of non-ortho nitro benzene ring substituents is 1. The van der Waals surface area contributed by atoms with Crippen molar-refractivity contribution >= 4 is 35.0 Å². The minimum absolute atomic E-state index is 0.0161. The van der Waals surface area contributed by atoms with Crippen LogP contribution in [0, 0.1) is 10.1 Å². The van der Waals surface area contributed by atoms with E-state index in [-0.39, 0.29) is 11.6 Å². The van der Waals surface area contributed by atoms with Crippen LogP contribution in [0.2, 0.25) is 0 Å². The number of hydrogen-bond donors (Lipinski definition) is 0. The Hall–Kier alpha value is -3.00. The van der Waals surface area contributed by atoms with Gasteiger partial charge in [0.1, 0.15) is 17.2 Å². The van der Waals surface area contributed by atoms with E-state index in [0.29, 0.717) is 27.9 Å². The molecule has 2 aromatic rings. The van der Waals surface area contributed by atoms with Gasteiger partial charge >= 0.3 is 0 Å². The molecule has 3 rings (SSSR count). The fourth-order valence-corrected chi connectivity index (χ4v) is 2.54. The molecule has 8 heteroatoms. The van der Waals surface area contributed by atoms with Gasteiger partial charge < -0.3 is 9.32 Å². The summed E-state index contributed by atoms with van der Waals surface area (Å²) in [4.78, 5) is 25.4. The third-order valence-electron chi connectivity index (χ3n) is 3.73. The summed E-state index contributed by atoms with van der Waals surface area (Å²) in [5.41, 5.74) is 1.15. The Labute approximate surface area is 142 Å². The molecule has 0 saturated carbocycles. The van der Waals surface area contributed by atoms with Crippen LogP contribution in [-0.2, 0) is 4.79 Å². The molecule has 0 atom stereocenters. The summed E-state index contributed by atoms with van der Waals surface area (Å²) in [5, 5.41) is 11.1. The first-order valence-corrected chi connectivity index (χ1v) is 7.41. The molecule has 1 aromatic heterocycles. The van der Waals surface area contributed by atoms with Gasteiger partial charge in [-0.15, -0.1) is 0 Å². The number of furan rings is 1. The third kappa shape index (κ3) is 2.67. The molecule has 0 unspecified atom stereocenters. The zero-order chi connectivity index (χ0) is 17.4. The summed E-state index contributed by atoms with van der Waals surface area (Å²) in [5.74, 6) is 0.855. The number of likely N-dealkylation sites (N-methyl/N-ethyl adjacent to an activating group) is 2.